The van der Waals surface area contributed by atoms with Gasteiger partial charge >= 0.3 is 0 Å². The summed E-state index contributed by atoms with van der Waals surface area (Å²) in [4.78, 5) is 5.57. The van der Waals surface area contributed by atoms with E-state index in [1.165, 1.54) is 0 Å². The van der Waals surface area contributed by atoms with Crippen LogP contribution in [0.25, 0.3) is 10.2 Å². The average Bonchev–Trinajstić information content (AvgIpc) is 3.27. The summed E-state index contributed by atoms with van der Waals surface area (Å²) in [5, 5.41) is 4.49. The van der Waals surface area contributed by atoms with Gasteiger partial charge in [0.05, 0.1) is 28.2 Å². The second kappa shape index (κ2) is 6.56. The number of hydrogen-bond acceptors (Lipinski definition) is 5. The van der Waals surface area contributed by atoms with Crippen molar-refractivity contribution < 1.29 is 4.42 Å². The number of thiophene rings is 1. The molecule has 3 aromatic rings. The van der Waals surface area contributed by atoms with E-state index in [4.69, 9.17) is 33.4 Å². The monoisotopic (exact) mass is 381 g/mol. The maximum Gasteiger partial charge on any atom is 0.131 e. The van der Waals surface area contributed by atoms with Crippen LogP contribution in [0, 0.1) is 0 Å². The molecule has 0 spiro atoms. The van der Waals surface area contributed by atoms with Gasteiger partial charge in [0.1, 0.15) is 16.4 Å². The number of fused-ring (bicyclic) bond motifs is 1. The molecule has 0 saturated heterocycles. The van der Waals surface area contributed by atoms with E-state index >= 15 is 0 Å². The molecule has 0 bridgehead atoms. The highest BCUT2D eigenvalue weighted by atomic mass is 35.5. The van der Waals surface area contributed by atoms with Gasteiger partial charge in [-0.3, -0.25) is 0 Å². The van der Waals surface area contributed by atoms with Crippen molar-refractivity contribution in [2.75, 3.05) is 5.32 Å². The molecule has 3 N–H and O–H groups in total. The molecule has 0 unspecified atom stereocenters. The highest BCUT2D eigenvalue weighted by molar-refractivity contribution is 7.20. The Labute approximate surface area is 154 Å². The number of halogens is 2. The molecule has 0 aromatic carbocycles. The molecule has 7 heteroatoms. The summed E-state index contributed by atoms with van der Waals surface area (Å²) in [5.74, 6) is 1.17. The molecule has 24 heavy (non-hydrogen) atoms. The normalized spacial score (nSPS) is 20.8. The lowest BCUT2D eigenvalue weighted by Gasteiger charge is -2.13. The van der Waals surface area contributed by atoms with E-state index in [9.17, 15) is 0 Å². The second-order valence-corrected chi connectivity index (χ2v) is 7.90. The zero-order valence-electron chi connectivity index (χ0n) is 12.9. The number of hydrogen-bond donors (Lipinski definition) is 2. The van der Waals surface area contributed by atoms with Crippen LogP contribution < -0.4 is 11.1 Å². The fourth-order valence-electron chi connectivity index (χ4n) is 3.31. The van der Waals surface area contributed by atoms with Crippen LogP contribution in [0.5, 0.6) is 0 Å². The van der Waals surface area contributed by atoms with Crippen LogP contribution in [0.2, 0.25) is 10.2 Å². The maximum atomic E-state index is 6.63. The van der Waals surface area contributed by atoms with E-state index in [1.807, 2.05) is 18.2 Å². The molecule has 1 saturated carbocycles. The van der Waals surface area contributed by atoms with Crippen molar-refractivity contribution in [1.82, 2.24) is 4.98 Å². The number of furan rings is 1. The summed E-state index contributed by atoms with van der Waals surface area (Å²) < 4.78 is 6.39. The zero-order valence-corrected chi connectivity index (χ0v) is 15.2. The molecular formula is C17H17Cl2N3OS. The number of anilines is 1. The summed E-state index contributed by atoms with van der Waals surface area (Å²) in [6.07, 6.45) is 4.94. The van der Waals surface area contributed by atoms with Crippen LogP contribution in [-0.2, 0) is 6.54 Å². The minimum atomic E-state index is 0.172. The van der Waals surface area contributed by atoms with Crippen LogP contribution in [0.3, 0.4) is 0 Å². The molecule has 2 atom stereocenters. The largest absolute Gasteiger partial charge is 0.467 e. The predicted molar refractivity (Wildman–Crippen MR) is 100 cm³/mol. The number of nitrogens with two attached hydrogens (primary N) is 1. The van der Waals surface area contributed by atoms with E-state index in [0.29, 0.717) is 22.6 Å². The number of aromatic nitrogens is 1. The molecule has 1 fully saturated rings. The van der Waals surface area contributed by atoms with Gasteiger partial charge in [0.2, 0.25) is 0 Å². The number of pyridine rings is 1. The average molecular weight is 382 g/mol. The maximum absolute atomic E-state index is 6.63. The van der Waals surface area contributed by atoms with Gasteiger partial charge < -0.3 is 15.5 Å². The molecule has 126 valence electrons. The molecule has 0 amide bonds. The summed E-state index contributed by atoms with van der Waals surface area (Å²) in [6.45, 7) is 0.580. The minimum Gasteiger partial charge on any atom is -0.467 e. The summed E-state index contributed by atoms with van der Waals surface area (Å²) in [5.41, 5.74) is 7.94. The Morgan fingerprint density at radius 3 is 2.96 bits per heavy atom. The quantitative estimate of drug-likeness (QED) is 0.593. The Balaban J connectivity index is 1.73. The van der Waals surface area contributed by atoms with Crippen molar-refractivity contribution in [3.8, 4) is 0 Å². The van der Waals surface area contributed by atoms with E-state index in [0.717, 1.165) is 45.8 Å². The van der Waals surface area contributed by atoms with Gasteiger partial charge in [-0.25, -0.2) is 4.98 Å². The van der Waals surface area contributed by atoms with E-state index < -0.39 is 0 Å². The Kier molecular flexibility index (Phi) is 4.43. The van der Waals surface area contributed by atoms with Crippen LogP contribution >= 0.6 is 34.5 Å². The molecular weight excluding hydrogens is 365 g/mol. The van der Waals surface area contributed by atoms with Crippen LogP contribution in [-0.4, -0.2) is 11.0 Å². The number of rotatable bonds is 4. The Hall–Kier alpha value is -1.27. The molecule has 0 aliphatic heterocycles. The van der Waals surface area contributed by atoms with Crippen LogP contribution in [0.4, 0.5) is 5.69 Å². The highest BCUT2D eigenvalue weighted by Gasteiger charge is 2.30. The first-order valence-corrected chi connectivity index (χ1v) is 9.51. The van der Waals surface area contributed by atoms with Crippen LogP contribution in [0.15, 0.2) is 28.9 Å². The summed E-state index contributed by atoms with van der Waals surface area (Å²) >= 11 is 14.5. The van der Waals surface area contributed by atoms with Gasteiger partial charge in [-0.1, -0.05) is 29.6 Å². The highest BCUT2D eigenvalue weighted by Crippen LogP contribution is 2.47. The first-order chi connectivity index (χ1) is 11.6. The molecule has 3 heterocycles. The third-order valence-electron chi connectivity index (χ3n) is 4.52. The molecule has 0 radical (unpaired) electrons. The van der Waals surface area contributed by atoms with Crippen molar-refractivity contribution in [2.24, 2.45) is 5.73 Å². The predicted octanol–water partition coefficient (Wildman–Crippen LogP) is 5.40. The Morgan fingerprint density at radius 2 is 2.25 bits per heavy atom. The van der Waals surface area contributed by atoms with Crippen molar-refractivity contribution in [3.63, 3.8) is 0 Å². The lowest BCUT2D eigenvalue weighted by molar-refractivity contribution is 0.518. The second-order valence-electron chi connectivity index (χ2n) is 6.08. The first kappa shape index (κ1) is 16.2. The van der Waals surface area contributed by atoms with Crippen molar-refractivity contribution in [1.29, 1.82) is 0 Å². The van der Waals surface area contributed by atoms with E-state index in [1.54, 1.807) is 17.6 Å². The molecule has 1 aliphatic carbocycles. The lowest BCUT2D eigenvalue weighted by Crippen LogP contribution is -2.22. The van der Waals surface area contributed by atoms with Gasteiger partial charge in [-0.05, 0) is 25.0 Å². The summed E-state index contributed by atoms with van der Waals surface area (Å²) in [6, 6.07) is 5.80. The Bertz CT molecular complexity index is 862. The van der Waals surface area contributed by atoms with Gasteiger partial charge in [0.15, 0.2) is 0 Å². The smallest absolute Gasteiger partial charge is 0.131 e. The van der Waals surface area contributed by atoms with Crippen molar-refractivity contribution in [3.05, 3.63) is 45.3 Å². The molecule has 4 nitrogen and oxygen atoms in total. The number of nitrogens with zero attached hydrogens (tertiary/aromatic N) is 1. The van der Waals surface area contributed by atoms with Crippen molar-refractivity contribution in [2.45, 2.75) is 37.8 Å². The standard InChI is InChI=1S/C17H17Cl2N3OS/c18-13-7-12(21-8-9-3-2-6-23-9)17-15(22-13)14(19)16(24-17)10-4-1-5-11(10)20/h2-3,6-7,10-11H,1,4-5,8,20H2,(H,21,22)/t10-,11-/m1/s1. The minimum absolute atomic E-state index is 0.172. The van der Waals surface area contributed by atoms with Gasteiger partial charge in [0, 0.05) is 22.9 Å². The van der Waals surface area contributed by atoms with Crippen LogP contribution in [0.1, 0.15) is 35.8 Å². The topological polar surface area (TPSA) is 64.1 Å². The third-order valence-corrected chi connectivity index (χ3v) is 6.55. The fourth-order valence-corrected chi connectivity index (χ4v) is 5.28. The number of nitrogens with one attached hydrogen (secondary N) is 1. The Morgan fingerprint density at radius 1 is 1.38 bits per heavy atom. The fraction of sp³-hybridized carbons (Fsp3) is 0.353. The van der Waals surface area contributed by atoms with Gasteiger partial charge in [0.25, 0.3) is 0 Å². The van der Waals surface area contributed by atoms with Gasteiger partial charge in [-0.2, -0.15) is 0 Å². The molecule has 1 aliphatic rings. The molecule has 4 rings (SSSR count). The summed E-state index contributed by atoms with van der Waals surface area (Å²) in [7, 11) is 0. The third kappa shape index (κ3) is 2.90. The first-order valence-electron chi connectivity index (χ1n) is 7.93. The van der Waals surface area contributed by atoms with E-state index in [2.05, 4.69) is 10.3 Å². The molecule has 3 aromatic heterocycles. The zero-order chi connectivity index (χ0) is 16.7. The SMILES string of the molecule is N[C@@H]1CCC[C@H]1c1sc2c(NCc3ccco3)cc(Cl)nc2c1Cl. The van der Waals surface area contributed by atoms with E-state index in [-0.39, 0.29) is 6.04 Å². The lowest BCUT2D eigenvalue weighted by atomic mass is 10.0. The van der Waals surface area contributed by atoms with Gasteiger partial charge in [-0.15, -0.1) is 11.3 Å². The van der Waals surface area contributed by atoms with Crippen molar-refractivity contribution >= 4 is 50.4 Å².